The number of ether oxygens (including phenoxy) is 2. The lowest BCUT2D eigenvalue weighted by molar-refractivity contribution is -0.139. The van der Waals surface area contributed by atoms with Crippen molar-refractivity contribution in [3.8, 4) is 0 Å². The molecule has 2 aromatic rings. The summed E-state index contributed by atoms with van der Waals surface area (Å²) in [7, 11) is 0. The molecule has 0 saturated heterocycles. The second-order valence-electron chi connectivity index (χ2n) is 6.14. The van der Waals surface area contributed by atoms with Gasteiger partial charge >= 0.3 is 11.9 Å². The molecule has 1 aromatic heterocycles. The molecule has 0 spiro atoms. The molecule has 0 radical (unpaired) electrons. The van der Waals surface area contributed by atoms with Crippen LogP contribution in [0.1, 0.15) is 35.0 Å². The first-order chi connectivity index (χ1) is 14.1. The zero-order chi connectivity index (χ0) is 20.8. The van der Waals surface area contributed by atoms with Crippen LogP contribution in [0.3, 0.4) is 0 Å². The van der Waals surface area contributed by atoms with Gasteiger partial charge in [-0.1, -0.05) is 24.3 Å². The van der Waals surface area contributed by atoms with E-state index in [-0.39, 0.29) is 30.3 Å². The zero-order valence-corrected chi connectivity index (χ0v) is 17.0. The van der Waals surface area contributed by atoms with Crippen molar-refractivity contribution < 1.29 is 23.9 Å². The van der Waals surface area contributed by atoms with Crippen molar-refractivity contribution in [2.45, 2.75) is 19.8 Å². The van der Waals surface area contributed by atoms with Gasteiger partial charge in [0.05, 0.1) is 30.3 Å². The van der Waals surface area contributed by atoms with Gasteiger partial charge in [0.25, 0.3) is 5.91 Å². The normalized spacial score (nSPS) is 14.1. The Bertz CT molecular complexity index is 911. The molecule has 2 heterocycles. The van der Waals surface area contributed by atoms with Gasteiger partial charge < -0.3 is 9.47 Å². The Kier molecular flexibility index (Phi) is 6.61. The van der Waals surface area contributed by atoms with E-state index in [9.17, 15) is 14.4 Å². The molecular formula is C22H21NO5S. The lowest BCUT2D eigenvalue weighted by atomic mass is 9.87. The number of esters is 2. The lowest BCUT2D eigenvalue weighted by Crippen LogP contribution is -2.32. The monoisotopic (exact) mass is 411 g/mol. The maximum absolute atomic E-state index is 13.0. The highest BCUT2D eigenvalue weighted by Gasteiger charge is 2.37. The molecular weight excluding hydrogens is 390 g/mol. The summed E-state index contributed by atoms with van der Waals surface area (Å²) in [6.45, 7) is 3.77. The Hall–Kier alpha value is -3.19. The number of carbonyl (C=O) groups excluding carboxylic acids is 3. The average Bonchev–Trinajstić information content (AvgIpc) is 3.27. The molecule has 1 aliphatic rings. The summed E-state index contributed by atoms with van der Waals surface area (Å²) in [6, 6.07) is 12.3. The van der Waals surface area contributed by atoms with Crippen molar-refractivity contribution in [2.24, 2.45) is 0 Å². The van der Waals surface area contributed by atoms with Crippen LogP contribution in [0.4, 0.5) is 0 Å². The van der Waals surface area contributed by atoms with Crippen LogP contribution in [0.5, 0.6) is 0 Å². The summed E-state index contributed by atoms with van der Waals surface area (Å²) in [5.41, 5.74) is 0.856. The van der Waals surface area contributed by atoms with Crippen LogP contribution in [0, 0.1) is 0 Å². The van der Waals surface area contributed by atoms with Gasteiger partial charge in [-0.3, -0.25) is 9.69 Å². The summed E-state index contributed by atoms with van der Waals surface area (Å²) in [5, 5.41) is 1.86. The van der Waals surface area contributed by atoms with Crippen molar-refractivity contribution in [1.82, 2.24) is 4.90 Å². The highest BCUT2D eigenvalue weighted by atomic mass is 32.1. The zero-order valence-electron chi connectivity index (χ0n) is 16.2. The molecule has 1 aliphatic heterocycles. The predicted octanol–water partition coefficient (Wildman–Crippen LogP) is 3.88. The molecule has 0 unspecified atom stereocenters. The van der Waals surface area contributed by atoms with Crippen LogP contribution < -0.4 is 0 Å². The molecule has 0 saturated carbocycles. The van der Waals surface area contributed by atoms with Crippen LogP contribution in [0.15, 0.2) is 71.4 Å². The number of amides is 1. The van der Waals surface area contributed by atoms with Gasteiger partial charge in [-0.05, 0) is 37.4 Å². The average molecular weight is 411 g/mol. The number of thiophene rings is 1. The number of hydrogen-bond acceptors (Lipinski definition) is 6. The molecule has 0 aliphatic carbocycles. The first kappa shape index (κ1) is 20.5. The smallest absolute Gasteiger partial charge is 0.336 e. The van der Waals surface area contributed by atoms with E-state index in [4.69, 9.17) is 9.47 Å². The molecule has 3 rings (SSSR count). The molecule has 0 fully saturated rings. The van der Waals surface area contributed by atoms with Crippen LogP contribution in [0.25, 0.3) is 0 Å². The molecule has 0 bridgehead atoms. The van der Waals surface area contributed by atoms with Gasteiger partial charge in [0.1, 0.15) is 0 Å². The second kappa shape index (κ2) is 9.34. The standard InChI is InChI=1S/C22H21NO5S/c1-3-27-21(25)16-13-23(20(24)15-9-6-5-7-10-15)14-17(22(26)28-4-2)19(16)18-11-8-12-29-18/h5-14,19H,3-4H2,1-2H3. The van der Waals surface area contributed by atoms with E-state index in [2.05, 4.69) is 0 Å². The molecule has 1 aromatic carbocycles. The van der Waals surface area contributed by atoms with E-state index < -0.39 is 17.9 Å². The summed E-state index contributed by atoms with van der Waals surface area (Å²) in [4.78, 5) is 40.5. The van der Waals surface area contributed by atoms with E-state index in [1.807, 2.05) is 17.5 Å². The highest BCUT2D eigenvalue weighted by molar-refractivity contribution is 7.10. The topological polar surface area (TPSA) is 72.9 Å². The summed E-state index contributed by atoms with van der Waals surface area (Å²) in [6.07, 6.45) is 2.89. The van der Waals surface area contributed by atoms with Crippen LogP contribution in [0.2, 0.25) is 0 Å². The number of carbonyl (C=O) groups is 3. The Morgan fingerprint density at radius 3 is 1.97 bits per heavy atom. The van der Waals surface area contributed by atoms with E-state index >= 15 is 0 Å². The fourth-order valence-electron chi connectivity index (χ4n) is 3.03. The Balaban J connectivity index is 2.10. The van der Waals surface area contributed by atoms with E-state index in [0.717, 1.165) is 4.88 Å². The molecule has 1 amide bonds. The minimum Gasteiger partial charge on any atom is -0.463 e. The third-order valence-corrected chi connectivity index (χ3v) is 5.22. The number of nitrogens with zero attached hydrogens (tertiary/aromatic N) is 1. The SMILES string of the molecule is CCOC(=O)C1=CN(C(=O)c2ccccc2)C=C(C(=O)OCC)C1c1cccs1. The quantitative estimate of drug-likeness (QED) is 0.675. The molecule has 6 nitrogen and oxygen atoms in total. The first-order valence-corrected chi connectivity index (χ1v) is 10.1. The molecule has 29 heavy (non-hydrogen) atoms. The van der Waals surface area contributed by atoms with Crippen molar-refractivity contribution in [2.75, 3.05) is 13.2 Å². The van der Waals surface area contributed by atoms with Crippen molar-refractivity contribution in [1.29, 1.82) is 0 Å². The van der Waals surface area contributed by atoms with Crippen molar-refractivity contribution in [3.63, 3.8) is 0 Å². The van der Waals surface area contributed by atoms with Gasteiger partial charge in [0.15, 0.2) is 0 Å². The van der Waals surface area contributed by atoms with Crippen LogP contribution >= 0.6 is 11.3 Å². The van der Waals surface area contributed by atoms with Crippen molar-refractivity contribution >= 4 is 29.2 Å². The minimum absolute atomic E-state index is 0.179. The highest BCUT2D eigenvalue weighted by Crippen LogP contribution is 2.39. The van der Waals surface area contributed by atoms with Crippen LogP contribution in [-0.4, -0.2) is 36.0 Å². The third-order valence-electron chi connectivity index (χ3n) is 4.28. The largest absolute Gasteiger partial charge is 0.463 e. The van der Waals surface area contributed by atoms with Gasteiger partial charge in [0.2, 0.25) is 0 Å². The van der Waals surface area contributed by atoms with Gasteiger partial charge in [-0.15, -0.1) is 11.3 Å². The molecule has 0 atom stereocenters. The Labute approximate surface area is 173 Å². The maximum atomic E-state index is 13.0. The van der Waals surface area contributed by atoms with Gasteiger partial charge in [0, 0.05) is 22.8 Å². The third kappa shape index (κ3) is 4.46. The second-order valence-corrected chi connectivity index (χ2v) is 7.12. The van der Waals surface area contributed by atoms with Gasteiger partial charge in [-0.25, -0.2) is 9.59 Å². The van der Waals surface area contributed by atoms with E-state index in [1.54, 1.807) is 44.2 Å². The van der Waals surface area contributed by atoms with E-state index in [0.29, 0.717) is 5.56 Å². The maximum Gasteiger partial charge on any atom is 0.336 e. The fraction of sp³-hybridized carbons (Fsp3) is 0.227. The Morgan fingerprint density at radius 1 is 0.897 bits per heavy atom. The summed E-state index contributed by atoms with van der Waals surface area (Å²) >= 11 is 1.41. The predicted molar refractivity (Wildman–Crippen MR) is 109 cm³/mol. The summed E-state index contributed by atoms with van der Waals surface area (Å²) in [5.74, 6) is -2.18. The fourth-order valence-corrected chi connectivity index (χ4v) is 3.89. The van der Waals surface area contributed by atoms with Gasteiger partial charge in [-0.2, -0.15) is 0 Å². The number of hydrogen-bond donors (Lipinski definition) is 0. The van der Waals surface area contributed by atoms with Crippen molar-refractivity contribution in [3.05, 3.63) is 81.8 Å². The van der Waals surface area contributed by atoms with E-state index in [1.165, 1.54) is 28.6 Å². The molecule has 7 heteroatoms. The lowest BCUT2D eigenvalue weighted by Gasteiger charge is -2.28. The van der Waals surface area contributed by atoms with Crippen LogP contribution in [-0.2, 0) is 19.1 Å². The first-order valence-electron chi connectivity index (χ1n) is 9.25. The number of rotatable bonds is 6. The number of benzene rings is 1. The Morgan fingerprint density at radius 2 is 1.48 bits per heavy atom. The molecule has 150 valence electrons. The minimum atomic E-state index is -0.659. The molecule has 0 N–H and O–H groups in total. The summed E-state index contributed by atoms with van der Waals surface area (Å²) < 4.78 is 10.4.